The summed E-state index contributed by atoms with van der Waals surface area (Å²) in [4.78, 5) is 0. The van der Waals surface area contributed by atoms with Gasteiger partial charge in [0.15, 0.2) is 0 Å². The molecule has 0 aliphatic rings. The lowest BCUT2D eigenvalue weighted by Gasteiger charge is -2.16. The lowest BCUT2D eigenvalue weighted by molar-refractivity contribution is 0.339. The maximum absolute atomic E-state index is 13.1. The van der Waals surface area contributed by atoms with Gasteiger partial charge in [0.1, 0.15) is 11.6 Å². The molecule has 0 bridgehead atoms. The molecule has 21 heavy (non-hydrogen) atoms. The Balaban J connectivity index is 2.00. The maximum atomic E-state index is 13.1. The zero-order valence-corrected chi connectivity index (χ0v) is 13.0. The topological polar surface area (TPSA) is 21.3 Å². The van der Waals surface area contributed by atoms with Gasteiger partial charge in [-0.05, 0) is 49.2 Å². The summed E-state index contributed by atoms with van der Waals surface area (Å²) in [6.45, 7) is 5.31. The first kappa shape index (κ1) is 15.8. The van der Waals surface area contributed by atoms with E-state index in [9.17, 15) is 4.39 Å². The Morgan fingerprint density at radius 2 is 2.05 bits per heavy atom. The fourth-order valence-electron chi connectivity index (χ4n) is 2.15. The summed E-state index contributed by atoms with van der Waals surface area (Å²) in [6.07, 6.45) is 0. The van der Waals surface area contributed by atoms with Gasteiger partial charge in [0.05, 0.1) is 6.61 Å². The summed E-state index contributed by atoms with van der Waals surface area (Å²) < 4.78 is 18.5. The molecule has 0 heterocycles. The average Bonchev–Trinajstić information content (AvgIpc) is 2.45. The van der Waals surface area contributed by atoms with Crippen molar-refractivity contribution >= 4 is 11.6 Å². The molecule has 0 fully saturated rings. The minimum Gasteiger partial charge on any atom is -0.494 e. The number of hydrogen-bond acceptors (Lipinski definition) is 2. The molecule has 1 unspecified atom stereocenters. The second kappa shape index (κ2) is 7.43. The minimum atomic E-state index is -0.319. The van der Waals surface area contributed by atoms with Crippen LogP contribution in [0.2, 0.25) is 5.02 Å². The van der Waals surface area contributed by atoms with Crippen molar-refractivity contribution in [3.05, 3.63) is 64.4 Å². The van der Waals surface area contributed by atoms with Crippen LogP contribution in [0, 0.1) is 5.82 Å². The Bertz CT molecular complexity index is 603. The smallest absolute Gasteiger partial charge is 0.124 e. The van der Waals surface area contributed by atoms with Crippen LogP contribution in [0.1, 0.15) is 31.0 Å². The molecule has 0 saturated carbocycles. The monoisotopic (exact) mass is 307 g/mol. The highest BCUT2D eigenvalue weighted by molar-refractivity contribution is 6.31. The SMILES string of the molecule is CCOc1cccc(CNC(C)c2ccc(F)cc2Cl)c1. The Labute approximate surface area is 129 Å². The van der Waals surface area contributed by atoms with Crippen molar-refractivity contribution in [1.82, 2.24) is 5.32 Å². The molecule has 1 N–H and O–H groups in total. The molecule has 0 radical (unpaired) electrons. The largest absolute Gasteiger partial charge is 0.494 e. The van der Waals surface area contributed by atoms with Gasteiger partial charge in [-0.2, -0.15) is 0 Å². The molecule has 4 heteroatoms. The summed E-state index contributed by atoms with van der Waals surface area (Å²) in [5.74, 6) is 0.546. The normalized spacial score (nSPS) is 12.2. The Morgan fingerprint density at radius 1 is 1.24 bits per heavy atom. The lowest BCUT2D eigenvalue weighted by atomic mass is 10.1. The number of benzene rings is 2. The minimum absolute atomic E-state index is 0.0360. The van der Waals surface area contributed by atoms with E-state index in [1.807, 2.05) is 38.1 Å². The van der Waals surface area contributed by atoms with Crippen LogP contribution in [0.3, 0.4) is 0 Å². The van der Waals surface area contributed by atoms with Crippen LogP contribution in [-0.2, 0) is 6.54 Å². The van der Waals surface area contributed by atoms with E-state index in [0.29, 0.717) is 18.2 Å². The van der Waals surface area contributed by atoms with Crippen LogP contribution >= 0.6 is 11.6 Å². The van der Waals surface area contributed by atoms with E-state index in [-0.39, 0.29) is 11.9 Å². The molecular weight excluding hydrogens is 289 g/mol. The summed E-state index contributed by atoms with van der Waals surface area (Å²) in [6, 6.07) is 12.5. The fourth-order valence-corrected chi connectivity index (χ4v) is 2.48. The second-order valence-electron chi connectivity index (χ2n) is 4.85. The van der Waals surface area contributed by atoms with E-state index in [1.54, 1.807) is 6.07 Å². The predicted octanol–water partition coefficient (Wildman–Crippen LogP) is 4.73. The van der Waals surface area contributed by atoms with Crippen LogP contribution in [0.15, 0.2) is 42.5 Å². The van der Waals surface area contributed by atoms with Gasteiger partial charge in [-0.25, -0.2) is 4.39 Å². The molecule has 2 nitrogen and oxygen atoms in total. The first-order valence-corrected chi connectivity index (χ1v) is 7.38. The van der Waals surface area contributed by atoms with E-state index < -0.39 is 0 Å². The van der Waals surface area contributed by atoms with Crippen molar-refractivity contribution in [2.45, 2.75) is 26.4 Å². The van der Waals surface area contributed by atoms with Crippen molar-refractivity contribution < 1.29 is 9.13 Å². The van der Waals surface area contributed by atoms with Gasteiger partial charge in [-0.15, -0.1) is 0 Å². The second-order valence-corrected chi connectivity index (χ2v) is 5.26. The van der Waals surface area contributed by atoms with Gasteiger partial charge in [0.25, 0.3) is 0 Å². The van der Waals surface area contributed by atoms with E-state index in [0.717, 1.165) is 16.9 Å². The molecule has 0 amide bonds. The fraction of sp³-hybridized carbons (Fsp3) is 0.294. The first-order chi connectivity index (χ1) is 10.1. The van der Waals surface area contributed by atoms with Crippen LogP contribution in [0.4, 0.5) is 4.39 Å². The molecule has 0 spiro atoms. The van der Waals surface area contributed by atoms with Crippen LogP contribution < -0.4 is 10.1 Å². The average molecular weight is 308 g/mol. The van der Waals surface area contributed by atoms with Gasteiger partial charge in [-0.1, -0.05) is 29.8 Å². The Kier molecular flexibility index (Phi) is 5.59. The highest BCUT2D eigenvalue weighted by atomic mass is 35.5. The Hall–Kier alpha value is -1.58. The number of halogens is 2. The highest BCUT2D eigenvalue weighted by Crippen LogP contribution is 2.24. The molecule has 0 aromatic heterocycles. The number of ether oxygens (including phenoxy) is 1. The standard InChI is InChI=1S/C17H19ClFNO/c1-3-21-15-6-4-5-13(9-15)11-20-12(2)16-8-7-14(19)10-17(16)18/h4-10,12,20H,3,11H2,1-2H3. The molecule has 2 aromatic carbocycles. The predicted molar refractivity (Wildman–Crippen MR) is 84.3 cm³/mol. The summed E-state index contributed by atoms with van der Waals surface area (Å²) in [5, 5.41) is 3.83. The number of nitrogens with one attached hydrogen (secondary N) is 1. The zero-order valence-electron chi connectivity index (χ0n) is 12.2. The Morgan fingerprint density at radius 3 is 2.76 bits per heavy atom. The van der Waals surface area contributed by atoms with Crippen molar-refractivity contribution in [1.29, 1.82) is 0 Å². The van der Waals surface area contributed by atoms with E-state index >= 15 is 0 Å². The third kappa shape index (κ3) is 4.45. The van der Waals surface area contributed by atoms with Gasteiger partial charge < -0.3 is 10.1 Å². The van der Waals surface area contributed by atoms with Gasteiger partial charge >= 0.3 is 0 Å². The van der Waals surface area contributed by atoms with Crippen LogP contribution in [0.25, 0.3) is 0 Å². The number of rotatable bonds is 6. The van der Waals surface area contributed by atoms with Crippen LogP contribution in [0.5, 0.6) is 5.75 Å². The third-order valence-electron chi connectivity index (χ3n) is 3.25. The van der Waals surface area contributed by atoms with Crippen molar-refractivity contribution in [3.63, 3.8) is 0 Å². The summed E-state index contributed by atoms with van der Waals surface area (Å²) in [5.41, 5.74) is 2.02. The molecular formula is C17H19ClFNO. The van der Waals surface area contributed by atoms with Crippen LogP contribution in [-0.4, -0.2) is 6.61 Å². The lowest BCUT2D eigenvalue weighted by Crippen LogP contribution is -2.18. The van der Waals surface area contributed by atoms with E-state index in [1.165, 1.54) is 12.1 Å². The van der Waals surface area contributed by atoms with E-state index in [2.05, 4.69) is 5.32 Å². The third-order valence-corrected chi connectivity index (χ3v) is 3.58. The van der Waals surface area contributed by atoms with Crippen molar-refractivity contribution in [2.24, 2.45) is 0 Å². The quantitative estimate of drug-likeness (QED) is 0.833. The zero-order chi connectivity index (χ0) is 15.2. The van der Waals surface area contributed by atoms with Crippen molar-refractivity contribution in [3.8, 4) is 5.75 Å². The van der Waals surface area contributed by atoms with Crippen molar-refractivity contribution in [2.75, 3.05) is 6.61 Å². The van der Waals surface area contributed by atoms with E-state index in [4.69, 9.17) is 16.3 Å². The highest BCUT2D eigenvalue weighted by Gasteiger charge is 2.10. The molecule has 0 aliphatic heterocycles. The molecule has 112 valence electrons. The summed E-state index contributed by atoms with van der Waals surface area (Å²) in [7, 11) is 0. The molecule has 2 rings (SSSR count). The maximum Gasteiger partial charge on any atom is 0.124 e. The van der Waals surface area contributed by atoms with Gasteiger partial charge in [0, 0.05) is 17.6 Å². The molecule has 0 aliphatic carbocycles. The van der Waals surface area contributed by atoms with Gasteiger partial charge in [0.2, 0.25) is 0 Å². The molecule has 2 aromatic rings. The first-order valence-electron chi connectivity index (χ1n) is 7.00. The molecule has 0 saturated heterocycles. The summed E-state index contributed by atoms with van der Waals surface area (Å²) >= 11 is 6.07. The molecule has 1 atom stereocenters. The number of hydrogen-bond donors (Lipinski definition) is 1. The van der Waals surface area contributed by atoms with Gasteiger partial charge in [-0.3, -0.25) is 0 Å².